The van der Waals surface area contributed by atoms with E-state index in [4.69, 9.17) is 5.73 Å². The second-order valence-corrected chi connectivity index (χ2v) is 5.75. The van der Waals surface area contributed by atoms with Crippen molar-refractivity contribution in [1.29, 1.82) is 0 Å². The Bertz CT molecular complexity index is 448. The van der Waals surface area contributed by atoms with Gasteiger partial charge in [-0.25, -0.2) is 4.39 Å². The van der Waals surface area contributed by atoms with Crippen molar-refractivity contribution in [2.45, 2.75) is 6.42 Å². The summed E-state index contributed by atoms with van der Waals surface area (Å²) in [6.45, 7) is 2.26. The monoisotopic (exact) mass is 283 g/mol. The van der Waals surface area contributed by atoms with Gasteiger partial charge in [0.25, 0.3) is 0 Å². The Kier molecular flexibility index (Phi) is 5.04. The third kappa shape index (κ3) is 4.40. The average molecular weight is 283 g/mol. The number of halogens is 1. The second-order valence-electron chi connectivity index (χ2n) is 4.53. The van der Waals surface area contributed by atoms with Gasteiger partial charge in [-0.15, -0.1) is 0 Å². The van der Waals surface area contributed by atoms with Gasteiger partial charge in [0.2, 0.25) is 5.91 Å². The van der Waals surface area contributed by atoms with E-state index in [0.717, 1.165) is 31.0 Å². The molecule has 1 aromatic rings. The Labute approximate surface area is 116 Å². The van der Waals surface area contributed by atoms with Gasteiger partial charge < -0.3 is 11.1 Å². The molecule has 0 spiro atoms. The molecule has 0 radical (unpaired) electrons. The summed E-state index contributed by atoms with van der Waals surface area (Å²) >= 11 is 1.92. The first-order valence-corrected chi connectivity index (χ1v) is 7.45. The van der Waals surface area contributed by atoms with Crippen LogP contribution in [0.5, 0.6) is 0 Å². The summed E-state index contributed by atoms with van der Waals surface area (Å²) in [6, 6.07) is 4.21. The minimum absolute atomic E-state index is 0.0453. The number of nitrogen functional groups attached to an aromatic ring is 1. The molecule has 1 aromatic carbocycles. The lowest BCUT2D eigenvalue weighted by Gasteiger charge is -2.18. The van der Waals surface area contributed by atoms with Crippen LogP contribution in [0.2, 0.25) is 0 Å². The van der Waals surface area contributed by atoms with Crippen molar-refractivity contribution in [2.75, 3.05) is 42.2 Å². The lowest BCUT2D eigenvalue weighted by Crippen LogP contribution is -2.34. The van der Waals surface area contributed by atoms with Crippen LogP contribution in [-0.4, -0.2) is 41.9 Å². The number of carbonyl (C=O) groups excluding carboxylic acids is 1. The molecule has 1 heterocycles. The summed E-state index contributed by atoms with van der Waals surface area (Å²) in [4.78, 5) is 14.0. The summed E-state index contributed by atoms with van der Waals surface area (Å²) < 4.78 is 13.0. The smallest absolute Gasteiger partial charge is 0.238 e. The highest BCUT2D eigenvalue weighted by Gasteiger charge is 2.13. The third-order valence-corrected chi connectivity index (χ3v) is 4.01. The van der Waals surface area contributed by atoms with E-state index in [9.17, 15) is 9.18 Å². The number of nitrogens with one attached hydrogen (secondary N) is 1. The molecule has 0 unspecified atom stereocenters. The predicted molar refractivity (Wildman–Crippen MR) is 77.8 cm³/mol. The Morgan fingerprint density at radius 2 is 2.26 bits per heavy atom. The van der Waals surface area contributed by atoms with Crippen LogP contribution in [0.4, 0.5) is 15.8 Å². The van der Waals surface area contributed by atoms with E-state index < -0.39 is 5.82 Å². The topological polar surface area (TPSA) is 58.4 Å². The van der Waals surface area contributed by atoms with Gasteiger partial charge in [-0.2, -0.15) is 11.8 Å². The number of nitrogens with zero attached hydrogens (tertiary/aromatic N) is 1. The fourth-order valence-corrected chi connectivity index (χ4v) is 2.91. The van der Waals surface area contributed by atoms with Crippen molar-refractivity contribution < 1.29 is 9.18 Å². The van der Waals surface area contributed by atoms with Crippen molar-refractivity contribution in [1.82, 2.24) is 4.90 Å². The fraction of sp³-hybridized carbons (Fsp3) is 0.462. The first-order valence-electron chi connectivity index (χ1n) is 6.30. The minimum atomic E-state index is -0.470. The van der Waals surface area contributed by atoms with Gasteiger partial charge in [0.05, 0.1) is 12.2 Å². The molecule has 19 heavy (non-hydrogen) atoms. The minimum Gasteiger partial charge on any atom is -0.396 e. The standard InChI is InChI=1S/C13H18FN3OS/c14-11-3-2-10(8-12(11)15)16-13(18)9-17-4-1-6-19-7-5-17/h2-3,8H,1,4-7,9,15H2,(H,16,18). The van der Waals surface area contributed by atoms with Crippen LogP contribution in [0, 0.1) is 5.82 Å². The highest BCUT2D eigenvalue weighted by Crippen LogP contribution is 2.16. The van der Waals surface area contributed by atoms with E-state index in [1.807, 2.05) is 11.8 Å². The van der Waals surface area contributed by atoms with Gasteiger partial charge in [0.15, 0.2) is 0 Å². The molecule has 2 rings (SSSR count). The van der Waals surface area contributed by atoms with Gasteiger partial charge >= 0.3 is 0 Å². The lowest BCUT2D eigenvalue weighted by atomic mass is 10.2. The average Bonchev–Trinajstić information content (AvgIpc) is 2.62. The molecule has 104 valence electrons. The van der Waals surface area contributed by atoms with Crippen LogP contribution < -0.4 is 11.1 Å². The molecule has 4 nitrogen and oxygen atoms in total. The number of hydrogen-bond donors (Lipinski definition) is 2. The molecular weight excluding hydrogens is 265 g/mol. The van der Waals surface area contributed by atoms with Gasteiger partial charge in [-0.3, -0.25) is 9.69 Å². The van der Waals surface area contributed by atoms with E-state index in [2.05, 4.69) is 10.2 Å². The normalized spacial score (nSPS) is 16.9. The molecule has 0 saturated carbocycles. The van der Waals surface area contributed by atoms with E-state index >= 15 is 0 Å². The highest BCUT2D eigenvalue weighted by atomic mass is 32.2. The van der Waals surface area contributed by atoms with E-state index in [-0.39, 0.29) is 11.6 Å². The van der Waals surface area contributed by atoms with Crippen molar-refractivity contribution >= 4 is 29.0 Å². The fourth-order valence-electron chi connectivity index (χ4n) is 1.98. The van der Waals surface area contributed by atoms with Crippen LogP contribution >= 0.6 is 11.8 Å². The SMILES string of the molecule is Nc1cc(NC(=O)CN2CCCSCC2)ccc1F. The molecular formula is C13H18FN3OS. The third-order valence-electron chi connectivity index (χ3n) is 2.96. The van der Waals surface area contributed by atoms with Crippen molar-refractivity contribution in [3.05, 3.63) is 24.0 Å². The maximum absolute atomic E-state index is 13.0. The predicted octanol–water partition coefficient (Wildman–Crippen LogP) is 1.79. The first-order chi connectivity index (χ1) is 9.15. The van der Waals surface area contributed by atoms with Gasteiger partial charge in [-0.1, -0.05) is 0 Å². The molecule has 1 amide bonds. The highest BCUT2D eigenvalue weighted by molar-refractivity contribution is 7.99. The summed E-state index contributed by atoms with van der Waals surface area (Å²) in [5.41, 5.74) is 6.04. The second kappa shape index (κ2) is 6.77. The van der Waals surface area contributed by atoms with Gasteiger partial charge in [-0.05, 0) is 36.9 Å². The lowest BCUT2D eigenvalue weighted by molar-refractivity contribution is -0.117. The first kappa shape index (κ1) is 14.1. The molecule has 0 aliphatic carbocycles. The van der Waals surface area contributed by atoms with Gasteiger partial charge in [0.1, 0.15) is 5.82 Å². The number of hydrogen-bond acceptors (Lipinski definition) is 4. The molecule has 1 aliphatic heterocycles. The van der Waals surface area contributed by atoms with Crippen molar-refractivity contribution in [3.8, 4) is 0 Å². The maximum Gasteiger partial charge on any atom is 0.238 e. The Balaban J connectivity index is 1.87. The maximum atomic E-state index is 13.0. The van der Waals surface area contributed by atoms with Crippen LogP contribution in [0.25, 0.3) is 0 Å². The zero-order chi connectivity index (χ0) is 13.7. The molecule has 1 saturated heterocycles. The molecule has 3 N–H and O–H groups in total. The van der Waals surface area contributed by atoms with Crippen molar-refractivity contribution in [3.63, 3.8) is 0 Å². The molecule has 0 bridgehead atoms. The van der Waals surface area contributed by atoms with Crippen LogP contribution in [0.3, 0.4) is 0 Å². The van der Waals surface area contributed by atoms with Crippen LogP contribution in [0.15, 0.2) is 18.2 Å². The largest absolute Gasteiger partial charge is 0.396 e. The molecule has 0 atom stereocenters. The van der Waals surface area contributed by atoms with Crippen LogP contribution in [0.1, 0.15) is 6.42 Å². The number of thioether (sulfide) groups is 1. The molecule has 1 aliphatic rings. The number of rotatable bonds is 3. The zero-order valence-corrected chi connectivity index (χ0v) is 11.5. The summed E-state index contributed by atoms with van der Waals surface area (Å²) in [5.74, 6) is 1.67. The number of anilines is 2. The number of benzene rings is 1. The summed E-state index contributed by atoms with van der Waals surface area (Å²) in [7, 11) is 0. The van der Waals surface area contributed by atoms with Crippen molar-refractivity contribution in [2.24, 2.45) is 0 Å². The number of nitrogens with two attached hydrogens (primary N) is 1. The van der Waals surface area contributed by atoms with E-state index in [1.165, 1.54) is 18.2 Å². The Morgan fingerprint density at radius 1 is 1.42 bits per heavy atom. The Hall–Kier alpha value is -1.27. The Morgan fingerprint density at radius 3 is 3.05 bits per heavy atom. The summed E-state index contributed by atoms with van der Waals surface area (Å²) in [6.07, 6.45) is 1.11. The van der Waals surface area contributed by atoms with E-state index in [0.29, 0.717) is 12.2 Å². The molecule has 1 fully saturated rings. The summed E-state index contributed by atoms with van der Waals surface area (Å²) in [5, 5.41) is 2.74. The number of amides is 1. The molecule has 0 aromatic heterocycles. The van der Waals surface area contributed by atoms with E-state index in [1.54, 1.807) is 0 Å². The quantitative estimate of drug-likeness (QED) is 0.830. The van der Waals surface area contributed by atoms with Crippen LogP contribution in [-0.2, 0) is 4.79 Å². The molecule has 6 heteroatoms. The zero-order valence-electron chi connectivity index (χ0n) is 10.7. The number of carbonyl (C=O) groups is 1. The van der Waals surface area contributed by atoms with Gasteiger partial charge in [0, 0.05) is 18.0 Å².